The first-order chi connectivity index (χ1) is 10.8. The average molecular weight is 312 g/mol. The van der Waals surface area contributed by atoms with Gasteiger partial charge in [0.05, 0.1) is 5.92 Å². The lowest BCUT2D eigenvalue weighted by Crippen LogP contribution is -2.33. The van der Waals surface area contributed by atoms with E-state index in [1.54, 1.807) is 6.20 Å². The van der Waals surface area contributed by atoms with Gasteiger partial charge in [-0.1, -0.05) is 30.3 Å². The molecule has 2 heterocycles. The van der Waals surface area contributed by atoms with E-state index >= 15 is 0 Å². The Morgan fingerprint density at radius 2 is 2.27 bits per heavy atom. The summed E-state index contributed by atoms with van der Waals surface area (Å²) < 4.78 is 0. The molecule has 22 heavy (non-hydrogen) atoms. The molecule has 0 bridgehead atoms. The first-order valence-corrected chi connectivity index (χ1v) is 8.02. The molecule has 0 spiro atoms. The Balaban J connectivity index is 1.74. The Labute approximate surface area is 133 Å². The molecule has 1 aromatic carbocycles. The molecule has 1 fully saturated rings. The summed E-state index contributed by atoms with van der Waals surface area (Å²) in [4.78, 5) is 18.8. The van der Waals surface area contributed by atoms with E-state index in [0.29, 0.717) is 11.7 Å². The molecule has 3 rings (SSSR count). The Bertz CT molecular complexity index is 686. The van der Waals surface area contributed by atoms with E-state index in [0.717, 1.165) is 29.2 Å². The van der Waals surface area contributed by atoms with Gasteiger partial charge in [0, 0.05) is 24.0 Å². The van der Waals surface area contributed by atoms with E-state index < -0.39 is 0 Å². The summed E-state index contributed by atoms with van der Waals surface area (Å²) in [6, 6.07) is 10.1. The Kier molecular flexibility index (Phi) is 4.47. The number of benzene rings is 1. The van der Waals surface area contributed by atoms with Gasteiger partial charge in [-0.05, 0) is 18.5 Å². The molecule has 0 saturated carbocycles. The molecule has 0 aliphatic carbocycles. The number of carbonyl (C=O) groups is 1. The first kappa shape index (κ1) is 14.7. The fourth-order valence-electron chi connectivity index (χ4n) is 2.51. The summed E-state index contributed by atoms with van der Waals surface area (Å²) >= 11 is 1.40. The van der Waals surface area contributed by atoms with Crippen LogP contribution in [0.4, 0.5) is 5.13 Å². The summed E-state index contributed by atoms with van der Waals surface area (Å²) in [6.45, 7) is 1.46. The van der Waals surface area contributed by atoms with Crippen molar-refractivity contribution in [3.05, 3.63) is 47.0 Å². The third kappa shape index (κ3) is 3.16. The maximum absolute atomic E-state index is 12.4. The summed E-state index contributed by atoms with van der Waals surface area (Å²) in [5.74, 6) is -0.283. The van der Waals surface area contributed by atoms with Crippen LogP contribution >= 0.6 is 11.3 Å². The van der Waals surface area contributed by atoms with Gasteiger partial charge < -0.3 is 5.32 Å². The number of carbonyl (C=O) groups excluding carboxylic acids is 1. The smallest absolute Gasteiger partial charge is 0.246 e. The van der Waals surface area contributed by atoms with Crippen molar-refractivity contribution < 1.29 is 4.79 Å². The van der Waals surface area contributed by atoms with Gasteiger partial charge in [0.1, 0.15) is 0 Å². The Morgan fingerprint density at radius 1 is 1.45 bits per heavy atom. The highest BCUT2D eigenvalue weighted by Crippen LogP contribution is 2.26. The minimum Gasteiger partial charge on any atom is -0.316 e. The van der Waals surface area contributed by atoms with Crippen LogP contribution in [0.25, 0.3) is 0 Å². The number of amides is 1. The molecular weight excluding hydrogens is 296 g/mol. The minimum atomic E-state index is -0.159. The van der Waals surface area contributed by atoms with Crippen LogP contribution in [0.3, 0.4) is 0 Å². The van der Waals surface area contributed by atoms with Crippen LogP contribution < -0.4 is 10.2 Å². The second-order valence-corrected chi connectivity index (χ2v) is 6.33. The van der Waals surface area contributed by atoms with E-state index in [1.165, 1.54) is 16.9 Å². The monoisotopic (exact) mass is 312 g/mol. The zero-order valence-corrected chi connectivity index (χ0v) is 12.8. The van der Waals surface area contributed by atoms with E-state index in [9.17, 15) is 10.1 Å². The molecule has 1 saturated heterocycles. The number of rotatable bonds is 4. The molecule has 6 heteroatoms. The highest BCUT2D eigenvalue weighted by atomic mass is 32.1. The maximum Gasteiger partial charge on any atom is 0.246 e. The molecule has 0 unspecified atom stereocenters. The largest absolute Gasteiger partial charge is 0.316 e. The predicted molar refractivity (Wildman–Crippen MR) is 85.4 cm³/mol. The average Bonchev–Trinajstić information content (AvgIpc) is 3.21. The van der Waals surface area contributed by atoms with Crippen LogP contribution in [0.5, 0.6) is 0 Å². The predicted octanol–water partition coefficient (Wildman–Crippen LogP) is 2.16. The minimum absolute atomic E-state index is 0.124. The molecule has 1 amide bonds. The summed E-state index contributed by atoms with van der Waals surface area (Å²) in [5.41, 5.74) is 1.19. The van der Waals surface area contributed by atoms with E-state index in [2.05, 4.69) is 22.4 Å². The number of nitrogens with one attached hydrogen (secondary N) is 1. The molecule has 2 aromatic rings. The van der Waals surface area contributed by atoms with E-state index in [4.69, 9.17) is 0 Å². The number of anilines is 1. The zero-order chi connectivity index (χ0) is 15.4. The lowest BCUT2D eigenvalue weighted by atomic mass is 10.1. The second kappa shape index (κ2) is 6.69. The molecule has 1 aromatic heterocycles. The van der Waals surface area contributed by atoms with Gasteiger partial charge in [-0.25, -0.2) is 4.98 Å². The van der Waals surface area contributed by atoms with Crippen molar-refractivity contribution in [2.24, 2.45) is 5.92 Å². The molecule has 1 aliphatic rings. The number of hydrogen-bond acceptors (Lipinski definition) is 5. The Morgan fingerprint density at radius 3 is 2.95 bits per heavy atom. The SMILES string of the molecule is N#CN(C(=O)[C@H]1CCNC1)c1ncc(Cc2ccccc2)s1. The normalized spacial score (nSPS) is 17.1. The molecule has 1 atom stereocenters. The van der Waals surface area contributed by atoms with Crippen LogP contribution in [0, 0.1) is 17.4 Å². The third-order valence-electron chi connectivity index (χ3n) is 3.68. The number of aromatic nitrogens is 1. The van der Waals surface area contributed by atoms with Gasteiger partial charge in [0.25, 0.3) is 0 Å². The van der Waals surface area contributed by atoms with Crippen molar-refractivity contribution >= 4 is 22.4 Å². The van der Waals surface area contributed by atoms with Crippen molar-refractivity contribution in [2.45, 2.75) is 12.8 Å². The van der Waals surface area contributed by atoms with Gasteiger partial charge in [-0.2, -0.15) is 10.2 Å². The van der Waals surface area contributed by atoms with Gasteiger partial charge in [-0.3, -0.25) is 4.79 Å². The first-order valence-electron chi connectivity index (χ1n) is 7.21. The highest BCUT2D eigenvalue weighted by Gasteiger charge is 2.29. The summed E-state index contributed by atoms with van der Waals surface area (Å²) in [5, 5.41) is 12.9. The standard InChI is InChI=1S/C16H16N4OS/c17-11-20(15(21)13-6-7-18-9-13)16-19-10-14(22-16)8-12-4-2-1-3-5-12/h1-5,10,13,18H,6-9H2/t13-/m0/s1. The number of hydrogen-bond donors (Lipinski definition) is 1. The van der Waals surface area contributed by atoms with Crippen LogP contribution in [-0.2, 0) is 11.2 Å². The zero-order valence-electron chi connectivity index (χ0n) is 12.0. The van der Waals surface area contributed by atoms with Gasteiger partial charge in [-0.15, -0.1) is 11.3 Å². The van der Waals surface area contributed by atoms with Crippen molar-refractivity contribution in [1.29, 1.82) is 5.26 Å². The molecule has 1 aliphatic heterocycles. The summed E-state index contributed by atoms with van der Waals surface area (Å²) in [7, 11) is 0. The van der Waals surface area contributed by atoms with Crippen LogP contribution in [-0.4, -0.2) is 24.0 Å². The van der Waals surface area contributed by atoms with Gasteiger partial charge in [0.2, 0.25) is 11.0 Å². The van der Waals surface area contributed by atoms with Crippen LogP contribution in [0.1, 0.15) is 16.9 Å². The highest BCUT2D eigenvalue weighted by molar-refractivity contribution is 7.15. The van der Waals surface area contributed by atoms with Crippen LogP contribution in [0.2, 0.25) is 0 Å². The maximum atomic E-state index is 12.4. The van der Waals surface area contributed by atoms with Crippen molar-refractivity contribution in [1.82, 2.24) is 10.3 Å². The second-order valence-electron chi connectivity index (χ2n) is 5.23. The topological polar surface area (TPSA) is 69.0 Å². The van der Waals surface area contributed by atoms with Crippen LogP contribution in [0.15, 0.2) is 36.5 Å². The number of thiazole rings is 1. The lowest BCUT2D eigenvalue weighted by molar-refractivity contribution is -0.121. The quantitative estimate of drug-likeness (QED) is 0.694. The fourth-order valence-corrected chi connectivity index (χ4v) is 3.42. The van der Waals surface area contributed by atoms with Gasteiger partial charge in [0.15, 0.2) is 6.19 Å². The number of nitriles is 1. The summed E-state index contributed by atoms with van der Waals surface area (Å²) in [6.07, 6.45) is 5.26. The van der Waals surface area contributed by atoms with E-state index in [1.807, 2.05) is 24.4 Å². The number of nitrogens with zero attached hydrogens (tertiary/aromatic N) is 3. The molecule has 5 nitrogen and oxygen atoms in total. The Hall–Kier alpha value is -2.23. The molecule has 0 radical (unpaired) electrons. The van der Waals surface area contributed by atoms with E-state index in [-0.39, 0.29) is 11.8 Å². The third-order valence-corrected chi connectivity index (χ3v) is 4.67. The molecule has 1 N–H and O–H groups in total. The lowest BCUT2D eigenvalue weighted by Gasteiger charge is -2.14. The van der Waals surface area contributed by atoms with Crippen molar-refractivity contribution in [3.63, 3.8) is 0 Å². The van der Waals surface area contributed by atoms with Crippen molar-refractivity contribution in [3.8, 4) is 6.19 Å². The molecule has 112 valence electrons. The fraction of sp³-hybridized carbons (Fsp3) is 0.312. The van der Waals surface area contributed by atoms with Gasteiger partial charge >= 0.3 is 0 Å². The molecular formula is C16H16N4OS. The van der Waals surface area contributed by atoms with Crippen molar-refractivity contribution in [2.75, 3.05) is 18.0 Å².